The van der Waals surface area contributed by atoms with E-state index in [4.69, 9.17) is 9.47 Å². The number of ether oxygens (including phenoxy) is 2. The quantitative estimate of drug-likeness (QED) is 0.0331. The molecule has 1 aliphatic rings. The van der Waals surface area contributed by atoms with Gasteiger partial charge in [-0.3, -0.25) is 4.79 Å². The van der Waals surface area contributed by atoms with Gasteiger partial charge in [-0.15, -0.1) is 0 Å². The van der Waals surface area contributed by atoms with Gasteiger partial charge in [-0.2, -0.15) is 0 Å². The summed E-state index contributed by atoms with van der Waals surface area (Å²) < 4.78 is 10.9. The van der Waals surface area contributed by atoms with Gasteiger partial charge in [-0.05, 0) is 12.8 Å². The Morgan fingerprint density at radius 1 is 0.633 bits per heavy atom. The number of nitrogens with zero attached hydrogens (tertiary/aromatic N) is 1. The number of amides is 1. The van der Waals surface area contributed by atoms with E-state index in [-0.39, 0.29) is 12.1 Å². The van der Waals surface area contributed by atoms with Gasteiger partial charge in [0.2, 0.25) is 5.91 Å². The van der Waals surface area contributed by atoms with Crippen molar-refractivity contribution in [3.63, 3.8) is 0 Å². The lowest BCUT2D eigenvalue weighted by Gasteiger charge is -2.39. The Kier molecular flexibility index (Phi) is 28.8. The van der Waals surface area contributed by atoms with Crippen molar-refractivity contribution in [2.24, 2.45) is 4.99 Å². The largest absolute Gasteiger partial charge is 0.394 e. The van der Waals surface area contributed by atoms with Gasteiger partial charge >= 0.3 is 0 Å². The zero-order valence-electron chi connectivity index (χ0n) is 31.2. The van der Waals surface area contributed by atoms with Crippen molar-refractivity contribution in [3.8, 4) is 0 Å². The first-order chi connectivity index (χ1) is 23.8. The Morgan fingerprint density at radius 2 is 1.06 bits per heavy atom. The van der Waals surface area contributed by atoms with Crippen LogP contribution in [-0.2, 0) is 14.3 Å². The van der Waals surface area contributed by atoms with E-state index in [1.54, 1.807) is 0 Å². The predicted octanol–water partition coefficient (Wildman–Crippen LogP) is 6.67. The SMILES string of the molecule is CCCCCCCCCCCCCCCCCCCCCCCC(=O)N=C(CO[C@@H]1O[C@@H](CO)[C@@H](O)[C@H](O)[C@@H]1O)C(O)C(O)CCCCC. The number of unbranched alkanes of at least 4 members (excludes halogenated alkanes) is 22. The van der Waals surface area contributed by atoms with Gasteiger partial charge in [0, 0.05) is 6.42 Å². The second kappa shape index (κ2) is 30.6. The zero-order chi connectivity index (χ0) is 36.1. The Labute approximate surface area is 298 Å². The minimum Gasteiger partial charge on any atom is -0.394 e. The molecule has 0 radical (unpaired) electrons. The fourth-order valence-electron chi connectivity index (χ4n) is 6.46. The third-order valence-corrected chi connectivity index (χ3v) is 9.82. The van der Waals surface area contributed by atoms with Crippen LogP contribution in [0.4, 0.5) is 0 Å². The molecule has 7 atom stereocenters. The number of carbonyl (C=O) groups excluding carboxylic acids is 1. The normalized spacial score (nSPS) is 22.8. The lowest BCUT2D eigenvalue weighted by Crippen LogP contribution is -2.59. The molecule has 10 nitrogen and oxygen atoms in total. The van der Waals surface area contributed by atoms with Crippen LogP contribution in [0.5, 0.6) is 0 Å². The lowest BCUT2D eigenvalue weighted by atomic mass is 9.99. The van der Waals surface area contributed by atoms with Crippen LogP contribution in [-0.4, -0.2) is 98.4 Å². The van der Waals surface area contributed by atoms with Gasteiger partial charge in [0.25, 0.3) is 0 Å². The van der Waals surface area contributed by atoms with Gasteiger partial charge < -0.3 is 40.1 Å². The number of aliphatic hydroxyl groups is 6. The topological polar surface area (TPSA) is 169 Å². The molecular formula is C39H75NO9. The van der Waals surface area contributed by atoms with Crippen molar-refractivity contribution < 1.29 is 44.9 Å². The summed E-state index contributed by atoms with van der Waals surface area (Å²) in [6.45, 7) is 3.25. The zero-order valence-corrected chi connectivity index (χ0v) is 31.2. The minimum absolute atomic E-state index is 0.0885. The summed E-state index contributed by atoms with van der Waals surface area (Å²) in [5, 5.41) is 61.1. The van der Waals surface area contributed by atoms with Crippen molar-refractivity contribution in [2.45, 2.75) is 224 Å². The van der Waals surface area contributed by atoms with Gasteiger partial charge in [-0.1, -0.05) is 162 Å². The molecule has 1 saturated heterocycles. The standard InChI is InChI=1S/C39H75NO9/c1-3-5-7-8-9-10-11-12-13-14-15-16-17-18-19-20-21-22-23-24-26-28-34(43)40-31(35(44)32(42)27-25-6-4-2)30-48-39-38(47)37(46)36(45)33(29-41)49-39/h32-33,35-39,41-42,44-47H,3-30H2,1-2H3/t32?,33-,35?,36+,37-,38-,39+/m0/s1. The van der Waals surface area contributed by atoms with E-state index in [1.165, 1.54) is 109 Å². The maximum absolute atomic E-state index is 12.7. The van der Waals surface area contributed by atoms with Crippen molar-refractivity contribution in [1.29, 1.82) is 0 Å². The van der Waals surface area contributed by atoms with Gasteiger partial charge in [0.05, 0.1) is 25.0 Å². The molecule has 0 bridgehead atoms. The van der Waals surface area contributed by atoms with Gasteiger partial charge in [-0.25, -0.2) is 4.99 Å². The fourth-order valence-corrected chi connectivity index (χ4v) is 6.46. The summed E-state index contributed by atoms with van der Waals surface area (Å²) in [4.78, 5) is 16.8. The number of hydrogen-bond donors (Lipinski definition) is 6. The molecule has 6 N–H and O–H groups in total. The molecule has 0 aromatic heterocycles. The third kappa shape index (κ3) is 21.9. The smallest absolute Gasteiger partial charge is 0.245 e. The first-order valence-electron chi connectivity index (χ1n) is 20.1. The molecule has 0 aromatic rings. The van der Waals surface area contributed by atoms with Crippen LogP contribution >= 0.6 is 0 Å². The third-order valence-electron chi connectivity index (χ3n) is 9.82. The number of hydrogen-bond acceptors (Lipinski definition) is 9. The van der Waals surface area contributed by atoms with E-state index in [0.29, 0.717) is 19.3 Å². The highest BCUT2D eigenvalue weighted by Gasteiger charge is 2.44. The summed E-state index contributed by atoms with van der Waals surface area (Å²) in [5.41, 5.74) is -0.0885. The van der Waals surface area contributed by atoms with Crippen LogP contribution in [0, 0.1) is 0 Å². The highest BCUT2D eigenvalue weighted by atomic mass is 16.7. The van der Waals surface area contributed by atoms with Crippen LogP contribution in [0.1, 0.15) is 181 Å². The summed E-state index contributed by atoms with van der Waals surface area (Å²) in [6, 6.07) is 0. The molecule has 0 aliphatic carbocycles. The average molecular weight is 702 g/mol. The summed E-state index contributed by atoms with van der Waals surface area (Å²) in [5.74, 6) is -0.426. The van der Waals surface area contributed by atoms with E-state index >= 15 is 0 Å². The molecule has 1 amide bonds. The minimum atomic E-state index is -1.62. The van der Waals surface area contributed by atoms with Gasteiger partial charge in [0.1, 0.15) is 30.5 Å². The first-order valence-corrected chi connectivity index (χ1v) is 20.1. The molecule has 290 valence electrons. The van der Waals surface area contributed by atoms with Crippen molar-refractivity contribution in [1.82, 2.24) is 0 Å². The van der Waals surface area contributed by atoms with Crippen LogP contribution < -0.4 is 0 Å². The molecule has 0 spiro atoms. The first kappa shape index (κ1) is 46.0. The molecule has 1 fully saturated rings. The van der Waals surface area contributed by atoms with E-state index in [0.717, 1.165) is 32.1 Å². The van der Waals surface area contributed by atoms with E-state index in [9.17, 15) is 35.4 Å². The summed E-state index contributed by atoms with van der Waals surface area (Å²) in [7, 11) is 0. The van der Waals surface area contributed by atoms with Crippen molar-refractivity contribution >= 4 is 11.6 Å². The summed E-state index contributed by atoms with van der Waals surface area (Å²) in [6.07, 6.45) is 20.1. The Balaban J connectivity index is 2.26. The predicted molar refractivity (Wildman–Crippen MR) is 196 cm³/mol. The van der Waals surface area contributed by atoms with Crippen LogP contribution in [0.3, 0.4) is 0 Å². The van der Waals surface area contributed by atoms with Crippen molar-refractivity contribution in [3.05, 3.63) is 0 Å². The maximum Gasteiger partial charge on any atom is 0.245 e. The second-order valence-electron chi connectivity index (χ2n) is 14.3. The van der Waals surface area contributed by atoms with E-state index in [1.807, 2.05) is 6.92 Å². The number of rotatable bonds is 32. The Morgan fingerprint density at radius 3 is 1.51 bits per heavy atom. The number of carbonyl (C=O) groups is 1. The molecule has 49 heavy (non-hydrogen) atoms. The number of aliphatic imine (C=N–C) groups is 1. The highest BCUT2D eigenvalue weighted by molar-refractivity contribution is 5.99. The number of aliphatic hydroxyl groups excluding tert-OH is 6. The van der Waals surface area contributed by atoms with Crippen molar-refractivity contribution in [2.75, 3.05) is 13.2 Å². The molecule has 1 heterocycles. The summed E-state index contributed by atoms with van der Waals surface area (Å²) >= 11 is 0. The molecule has 0 aromatic carbocycles. The molecular weight excluding hydrogens is 626 g/mol. The second-order valence-corrected chi connectivity index (χ2v) is 14.3. The Bertz CT molecular complexity index is 811. The molecule has 1 rings (SSSR count). The van der Waals surface area contributed by atoms with Crippen LogP contribution in [0.15, 0.2) is 4.99 Å². The molecule has 0 saturated carbocycles. The average Bonchev–Trinajstić information content (AvgIpc) is 3.10. The molecule has 2 unspecified atom stereocenters. The van der Waals surface area contributed by atoms with Crippen LogP contribution in [0.2, 0.25) is 0 Å². The van der Waals surface area contributed by atoms with E-state index in [2.05, 4.69) is 11.9 Å². The molecule has 1 aliphatic heterocycles. The van der Waals surface area contributed by atoms with Gasteiger partial charge in [0.15, 0.2) is 6.29 Å². The Hall–Kier alpha value is -0.980. The van der Waals surface area contributed by atoms with E-state index < -0.39 is 62.0 Å². The fraction of sp³-hybridized carbons (Fsp3) is 0.949. The van der Waals surface area contributed by atoms with Crippen LogP contribution in [0.25, 0.3) is 0 Å². The highest BCUT2D eigenvalue weighted by Crippen LogP contribution is 2.23. The lowest BCUT2D eigenvalue weighted by molar-refractivity contribution is -0.297. The maximum atomic E-state index is 12.7. The molecule has 10 heteroatoms. The monoisotopic (exact) mass is 702 g/mol.